The van der Waals surface area contributed by atoms with Gasteiger partial charge in [-0.25, -0.2) is 8.78 Å². The molecule has 166 valence electrons. The summed E-state index contributed by atoms with van der Waals surface area (Å²) in [6.07, 6.45) is 1.35. The monoisotopic (exact) mass is 457 g/mol. The first-order chi connectivity index (χ1) is 15.5. The molecular formula is C23H21F2N3O3S. The van der Waals surface area contributed by atoms with Crippen LogP contribution in [0.2, 0.25) is 0 Å². The average Bonchev–Trinajstić information content (AvgIpc) is 3.38. The predicted molar refractivity (Wildman–Crippen MR) is 117 cm³/mol. The molecule has 1 unspecified atom stereocenters. The summed E-state index contributed by atoms with van der Waals surface area (Å²) in [6.45, 7) is 1.37. The third-order valence-corrected chi connectivity index (χ3v) is 6.90. The number of anilines is 1. The van der Waals surface area contributed by atoms with Gasteiger partial charge in [0.15, 0.2) is 0 Å². The lowest BCUT2D eigenvalue weighted by molar-refractivity contribution is -0.137. The first-order valence-electron chi connectivity index (χ1n) is 10.5. The molecule has 2 amide bonds. The highest BCUT2D eigenvalue weighted by molar-refractivity contribution is 7.20. The molecule has 0 aliphatic carbocycles. The van der Waals surface area contributed by atoms with E-state index >= 15 is 0 Å². The minimum Gasteiger partial charge on any atom is -0.467 e. The summed E-state index contributed by atoms with van der Waals surface area (Å²) >= 11 is 1.31. The van der Waals surface area contributed by atoms with Crippen LogP contribution in [-0.2, 0) is 9.59 Å². The quantitative estimate of drug-likeness (QED) is 0.594. The van der Waals surface area contributed by atoms with Crippen LogP contribution >= 0.6 is 11.3 Å². The van der Waals surface area contributed by atoms with Gasteiger partial charge in [-0.15, -0.1) is 0 Å². The normalized spacial score (nSPS) is 19.7. The molecular weight excluding hydrogens is 436 g/mol. The Balaban J connectivity index is 1.17. The van der Waals surface area contributed by atoms with E-state index in [9.17, 15) is 18.4 Å². The van der Waals surface area contributed by atoms with E-state index in [-0.39, 0.29) is 36.0 Å². The maximum Gasteiger partial charge on any atom is 0.274 e. The average molecular weight is 458 g/mol. The van der Waals surface area contributed by atoms with Gasteiger partial charge < -0.3 is 14.5 Å². The van der Waals surface area contributed by atoms with Gasteiger partial charge in [0.05, 0.1) is 10.6 Å². The minimum absolute atomic E-state index is 0.0385. The van der Waals surface area contributed by atoms with Crippen LogP contribution in [0, 0.1) is 17.6 Å². The molecule has 32 heavy (non-hydrogen) atoms. The summed E-state index contributed by atoms with van der Waals surface area (Å²) in [6, 6.07) is 10.6. The molecule has 2 saturated heterocycles. The number of nitrogens with zero attached hydrogens (tertiary/aromatic N) is 3. The number of amides is 2. The Morgan fingerprint density at radius 3 is 2.56 bits per heavy atom. The summed E-state index contributed by atoms with van der Waals surface area (Å²) in [7, 11) is 0. The van der Waals surface area contributed by atoms with E-state index in [2.05, 4.69) is 4.98 Å². The number of ether oxygens (including phenoxy) is 1. The highest BCUT2D eigenvalue weighted by Crippen LogP contribution is 2.32. The number of para-hydroxylation sites is 1. The molecule has 2 fully saturated rings. The number of piperidine rings is 1. The molecule has 0 bridgehead atoms. The molecule has 3 aromatic rings. The van der Waals surface area contributed by atoms with Gasteiger partial charge in [0.25, 0.3) is 5.19 Å². The predicted octanol–water partition coefficient (Wildman–Crippen LogP) is 4.00. The molecule has 0 spiro atoms. The molecule has 2 aromatic carbocycles. The zero-order chi connectivity index (χ0) is 22.2. The van der Waals surface area contributed by atoms with Crippen molar-refractivity contribution in [2.24, 2.45) is 5.92 Å². The van der Waals surface area contributed by atoms with Gasteiger partial charge in [-0.3, -0.25) is 9.59 Å². The Kier molecular flexibility index (Phi) is 5.50. The van der Waals surface area contributed by atoms with E-state index in [1.54, 1.807) is 28.0 Å². The molecule has 0 N–H and O–H groups in total. The van der Waals surface area contributed by atoms with Gasteiger partial charge in [0.2, 0.25) is 11.8 Å². The molecule has 5 rings (SSSR count). The van der Waals surface area contributed by atoms with Gasteiger partial charge >= 0.3 is 0 Å². The van der Waals surface area contributed by atoms with Crippen LogP contribution in [0.4, 0.5) is 14.5 Å². The van der Waals surface area contributed by atoms with E-state index < -0.39 is 5.92 Å². The maximum atomic E-state index is 13.8. The maximum absolute atomic E-state index is 13.8. The third kappa shape index (κ3) is 4.04. The third-order valence-electron chi connectivity index (χ3n) is 5.98. The first kappa shape index (κ1) is 20.8. The summed E-state index contributed by atoms with van der Waals surface area (Å²) in [5.41, 5.74) is 0.919. The fourth-order valence-electron chi connectivity index (χ4n) is 4.28. The second-order valence-corrected chi connectivity index (χ2v) is 9.08. The number of rotatable bonds is 4. The Bertz CT molecular complexity index is 1160. The molecule has 1 atom stereocenters. The second kappa shape index (κ2) is 8.46. The molecule has 3 heterocycles. The largest absolute Gasteiger partial charge is 0.467 e. The zero-order valence-corrected chi connectivity index (χ0v) is 18.0. The number of carbonyl (C=O) groups excluding carboxylic acids is 2. The SMILES string of the molecule is O=C(C1CC(=O)N(c2ccc(F)cc2)C1)N1CCC(Oc2nc3c(F)cccc3s2)CC1. The van der Waals surface area contributed by atoms with Crippen molar-refractivity contribution in [1.29, 1.82) is 0 Å². The van der Waals surface area contributed by atoms with Crippen molar-refractivity contribution in [3.05, 3.63) is 54.1 Å². The molecule has 0 radical (unpaired) electrons. The van der Waals surface area contributed by atoms with Crippen LogP contribution in [0.1, 0.15) is 19.3 Å². The number of thiazole rings is 1. The van der Waals surface area contributed by atoms with Crippen LogP contribution in [0.15, 0.2) is 42.5 Å². The van der Waals surface area contributed by atoms with Crippen molar-refractivity contribution in [2.45, 2.75) is 25.4 Å². The summed E-state index contributed by atoms with van der Waals surface area (Å²) in [5.74, 6) is -1.30. The molecule has 2 aliphatic heterocycles. The van der Waals surface area contributed by atoms with Crippen LogP contribution in [0.5, 0.6) is 5.19 Å². The van der Waals surface area contributed by atoms with E-state index in [1.807, 2.05) is 6.07 Å². The number of carbonyl (C=O) groups is 2. The van der Waals surface area contributed by atoms with Crippen LogP contribution in [0.25, 0.3) is 10.2 Å². The Morgan fingerprint density at radius 1 is 1.09 bits per heavy atom. The Morgan fingerprint density at radius 2 is 1.84 bits per heavy atom. The lowest BCUT2D eigenvalue weighted by Gasteiger charge is -2.33. The first-order valence-corrected chi connectivity index (χ1v) is 11.4. The van der Waals surface area contributed by atoms with Gasteiger partial charge in [-0.1, -0.05) is 17.4 Å². The van der Waals surface area contributed by atoms with Crippen molar-refractivity contribution in [2.75, 3.05) is 24.5 Å². The number of fused-ring (bicyclic) bond motifs is 1. The number of hydrogen-bond acceptors (Lipinski definition) is 5. The van der Waals surface area contributed by atoms with Gasteiger partial charge in [0.1, 0.15) is 23.3 Å². The minimum atomic E-state index is -0.405. The fourth-order valence-corrected chi connectivity index (χ4v) is 5.18. The van der Waals surface area contributed by atoms with E-state index in [0.29, 0.717) is 48.9 Å². The second-order valence-electron chi connectivity index (χ2n) is 8.09. The summed E-state index contributed by atoms with van der Waals surface area (Å²) in [4.78, 5) is 33.0. The van der Waals surface area contributed by atoms with Crippen molar-refractivity contribution >= 4 is 39.1 Å². The number of likely N-dealkylation sites (tertiary alicyclic amines) is 1. The van der Waals surface area contributed by atoms with Crippen molar-refractivity contribution in [3.8, 4) is 5.19 Å². The lowest BCUT2D eigenvalue weighted by Crippen LogP contribution is -2.44. The van der Waals surface area contributed by atoms with E-state index in [0.717, 1.165) is 4.70 Å². The Labute approximate surface area is 187 Å². The van der Waals surface area contributed by atoms with Gasteiger partial charge in [-0.05, 0) is 36.4 Å². The van der Waals surface area contributed by atoms with Gasteiger partial charge in [0, 0.05) is 44.6 Å². The Hall–Kier alpha value is -3.07. The summed E-state index contributed by atoms with van der Waals surface area (Å²) < 4.78 is 33.7. The number of hydrogen-bond donors (Lipinski definition) is 0. The standard InChI is InChI=1S/C23H21F2N3O3S/c24-15-4-6-16(7-5-15)28-13-14(12-20(28)29)22(30)27-10-8-17(9-11-27)31-23-26-21-18(25)2-1-3-19(21)32-23/h1-7,14,17H,8-13H2. The molecule has 1 aromatic heterocycles. The number of benzene rings is 2. The fraction of sp³-hybridized carbons (Fsp3) is 0.348. The van der Waals surface area contributed by atoms with Crippen molar-refractivity contribution in [1.82, 2.24) is 9.88 Å². The summed E-state index contributed by atoms with van der Waals surface area (Å²) in [5, 5.41) is 0.436. The molecule has 9 heteroatoms. The van der Waals surface area contributed by atoms with Crippen molar-refractivity contribution in [3.63, 3.8) is 0 Å². The van der Waals surface area contributed by atoms with Crippen LogP contribution in [0.3, 0.4) is 0 Å². The highest BCUT2D eigenvalue weighted by atomic mass is 32.1. The highest BCUT2D eigenvalue weighted by Gasteiger charge is 2.38. The van der Waals surface area contributed by atoms with E-state index in [1.165, 1.54) is 29.5 Å². The zero-order valence-electron chi connectivity index (χ0n) is 17.2. The smallest absolute Gasteiger partial charge is 0.274 e. The van der Waals surface area contributed by atoms with Crippen LogP contribution < -0.4 is 9.64 Å². The van der Waals surface area contributed by atoms with Gasteiger partial charge in [-0.2, -0.15) is 4.98 Å². The topological polar surface area (TPSA) is 62.7 Å². The molecule has 2 aliphatic rings. The molecule has 6 nitrogen and oxygen atoms in total. The number of halogens is 2. The molecule has 0 saturated carbocycles. The van der Waals surface area contributed by atoms with Crippen LogP contribution in [-0.4, -0.2) is 47.4 Å². The van der Waals surface area contributed by atoms with Crippen molar-refractivity contribution < 1.29 is 23.1 Å². The van der Waals surface area contributed by atoms with E-state index in [4.69, 9.17) is 4.74 Å². The number of aromatic nitrogens is 1. The lowest BCUT2D eigenvalue weighted by atomic mass is 10.0.